The first kappa shape index (κ1) is 10.9. The molecule has 0 N–H and O–H groups in total. The molecule has 0 amide bonds. The van der Waals surface area contributed by atoms with Crippen LogP contribution in [-0.2, 0) is 37.5 Å². The summed E-state index contributed by atoms with van der Waals surface area (Å²) in [5.74, 6) is 0. The molecule has 0 saturated heterocycles. The fourth-order valence-corrected chi connectivity index (χ4v) is 1.22. The van der Waals surface area contributed by atoms with Gasteiger partial charge in [-0.05, 0) is 13.8 Å². The molecule has 0 saturated carbocycles. The molecule has 1 heterocycles. The monoisotopic (exact) mass is 233 g/mol. The van der Waals surface area contributed by atoms with Crippen LogP contribution in [0, 0.1) is 6.26 Å². The zero-order valence-electron chi connectivity index (χ0n) is 6.26. The molecule has 1 aliphatic heterocycles. The molecule has 0 unspecified atom stereocenters. The number of nitrogens with zero attached hydrogens (tertiary/aromatic N) is 1. The summed E-state index contributed by atoms with van der Waals surface area (Å²) < 4.78 is 0. The third-order valence-electron chi connectivity index (χ3n) is 1.14. The van der Waals surface area contributed by atoms with Crippen LogP contribution < -0.4 is 0 Å². The van der Waals surface area contributed by atoms with Crippen molar-refractivity contribution in [3.05, 3.63) is 6.26 Å². The van der Waals surface area contributed by atoms with E-state index in [0.29, 0.717) is 0 Å². The molecule has 0 aliphatic carbocycles. The van der Waals surface area contributed by atoms with Gasteiger partial charge in [0.2, 0.25) is 0 Å². The minimum Gasteiger partial charge on any atom is -0.389 e. The molecule has 0 atom stereocenters. The largest absolute Gasteiger partial charge is 0.389 e. The smallest absolute Gasteiger partial charge is 0.138 e. The predicted molar refractivity (Wildman–Crippen MR) is 40.2 cm³/mol. The first-order valence-corrected chi connectivity index (χ1v) is 3.80. The molecule has 55 valence electrons. The molecule has 1 radical (unpaired) electrons. The Hall–Kier alpha value is 0.924. The number of hydrogen-bond donors (Lipinski definition) is 0. The van der Waals surface area contributed by atoms with Crippen molar-refractivity contribution in [2.75, 3.05) is 0 Å². The van der Waals surface area contributed by atoms with Gasteiger partial charge in [-0.1, -0.05) is 5.16 Å². The van der Waals surface area contributed by atoms with Crippen molar-refractivity contribution in [3.63, 3.8) is 0 Å². The zero-order valence-corrected chi connectivity index (χ0v) is 9.91. The molecule has 0 aromatic rings. The van der Waals surface area contributed by atoms with E-state index < -0.39 is 0 Å². The Balaban J connectivity index is 0.000000810. The summed E-state index contributed by atoms with van der Waals surface area (Å²) in [6.07, 6.45) is 4.53. The predicted octanol–water partition coefficient (Wildman–Crippen LogP) is 2.02. The van der Waals surface area contributed by atoms with E-state index in [1.165, 1.54) is 11.8 Å². The van der Waals surface area contributed by atoms with E-state index in [1.54, 1.807) is 0 Å². The summed E-state index contributed by atoms with van der Waals surface area (Å²) >= 11 is 1.41. The minimum absolute atomic E-state index is 0. The number of hydrogen-bond acceptors (Lipinski definition) is 3. The zero-order chi connectivity index (χ0) is 6.91. The van der Waals surface area contributed by atoms with E-state index in [2.05, 4.69) is 11.4 Å². The molecule has 1 aliphatic rings. The van der Waals surface area contributed by atoms with Gasteiger partial charge in [-0.25, -0.2) is 0 Å². The van der Waals surface area contributed by atoms with Gasteiger partial charge in [-0.3, -0.25) is 6.26 Å². The molecule has 0 aromatic heterocycles. The second-order valence-corrected chi connectivity index (χ2v) is 3.42. The molecule has 4 heteroatoms. The van der Waals surface area contributed by atoms with Crippen LogP contribution in [0.3, 0.4) is 0 Å². The van der Waals surface area contributed by atoms with Crippen LogP contribution in [0.4, 0.5) is 0 Å². The van der Waals surface area contributed by atoms with Crippen LogP contribution in [0.2, 0.25) is 0 Å². The molecule has 0 bridgehead atoms. The summed E-state index contributed by atoms with van der Waals surface area (Å²) in [7, 11) is 0. The second kappa shape index (κ2) is 4.08. The maximum absolute atomic E-state index is 5.07. The average Bonchev–Trinajstić information content (AvgIpc) is 2.10. The first-order valence-electron chi connectivity index (χ1n) is 2.81. The van der Waals surface area contributed by atoms with E-state index in [4.69, 9.17) is 4.84 Å². The minimum atomic E-state index is -0.0972. The Morgan fingerprint density at radius 3 is 2.50 bits per heavy atom. The summed E-state index contributed by atoms with van der Waals surface area (Å²) in [6.45, 7) is 4.03. The third-order valence-corrected chi connectivity index (χ3v) is 1.69. The van der Waals surface area contributed by atoms with Crippen molar-refractivity contribution in [2.45, 2.75) is 25.9 Å². The van der Waals surface area contributed by atoms with E-state index in [0.717, 1.165) is 11.5 Å². The van der Waals surface area contributed by atoms with E-state index in [1.807, 2.05) is 13.8 Å². The molecule has 0 aromatic carbocycles. The SMILES string of the molecule is [CH2-]SC1=NOC(C)(C)C1.[Y]. The third kappa shape index (κ3) is 2.89. The van der Waals surface area contributed by atoms with Crippen molar-refractivity contribution in [2.24, 2.45) is 5.16 Å². The van der Waals surface area contributed by atoms with Crippen LogP contribution >= 0.6 is 11.8 Å². The van der Waals surface area contributed by atoms with Gasteiger partial charge >= 0.3 is 0 Å². The van der Waals surface area contributed by atoms with Crippen LogP contribution in [0.15, 0.2) is 5.16 Å². The fraction of sp³-hybridized carbons (Fsp3) is 0.667. The van der Waals surface area contributed by atoms with Gasteiger partial charge in [0.25, 0.3) is 0 Å². The van der Waals surface area contributed by atoms with Crippen molar-refractivity contribution in [1.82, 2.24) is 0 Å². The van der Waals surface area contributed by atoms with Crippen molar-refractivity contribution < 1.29 is 37.5 Å². The maximum atomic E-state index is 5.07. The quantitative estimate of drug-likeness (QED) is 0.597. The molecular weight excluding hydrogens is 223 g/mol. The Morgan fingerprint density at radius 2 is 2.30 bits per heavy atom. The normalized spacial score (nSPS) is 20.9. The second-order valence-electron chi connectivity index (χ2n) is 2.66. The average molecular weight is 233 g/mol. The van der Waals surface area contributed by atoms with Crippen LogP contribution in [0.1, 0.15) is 20.3 Å². The first-order chi connectivity index (χ1) is 4.14. The molecule has 2 nitrogen and oxygen atoms in total. The topological polar surface area (TPSA) is 21.6 Å². The van der Waals surface area contributed by atoms with Gasteiger partial charge in [-0.15, -0.1) is 0 Å². The van der Waals surface area contributed by atoms with Crippen LogP contribution in [-0.4, -0.2) is 10.6 Å². The van der Waals surface area contributed by atoms with E-state index in [9.17, 15) is 0 Å². The Bertz CT molecular complexity index is 147. The van der Waals surface area contributed by atoms with E-state index >= 15 is 0 Å². The van der Waals surface area contributed by atoms with Gasteiger partial charge < -0.3 is 16.6 Å². The summed E-state index contributed by atoms with van der Waals surface area (Å²) in [5.41, 5.74) is -0.0972. The summed E-state index contributed by atoms with van der Waals surface area (Å²) in [5, 5.41) is 4.81. The summed E-state index contributed by atoms with van der Waals surface area (Å²) in [4.78, 5) is 5.07. The van der Waals surface area contributed by atoms with Gasteiger partial charge in [0.15, 0.2) is 0 Å². The Morgan fingerprint density at radius 1 is 1.70 bits per heavy atom. The Kier molecular flexibility index (Phi) is 4.45. The number of thioether (sulfide) groups is 1. The number of rotatable bonds is 0. The molecule has 0 spiro atoms. The van der Waals surface area contributed by atoms with Gasteiger partial charge in [0.05, 0.1) is 5.04 Å². The van der Waals surface area contributed by atoms with Crippen molar-refractivity contribution in [1.29, 1.82) is 0 Å². The Labute approximate surface area is 91.0 Å². The van der Waals surface area contributed by atoms with Crippen LogP contribution in [0.5, 0.6) is 0 Å². The standard InChI is InChI=1S/C6H10NOS.Y/c1-6(2)4-5(9-3)7-8-6;/h3-4H2,1-2H3;/q-1;. The molecule has 1 rings (SSSR count). The van der Waals surface area contributed by atoms with Gasteiger partial charge in [-0.2, -0.15) is 0 Å². The van der Waals surface area contributed by atoms with Gasteiger partial charge in [0, 0.05) is 39.1 Å². The fourth-order valence-electron chi connectivity index (χ4n) is 0.681. The maximum Gasteiger partial charge on any atom is 0.138 e. The van der Waals surface area contributed by atoms with Gasteiger partial charge in [0.1, 0.15) is 5.60 Å². The molecule has 10 heavy (non-hydrogen) atoms. The summed E-state index contributed by atoms with van der Waals surface area (Å²) in [6, 6.07) is 0. The van der Waals surface area contributed by atoms with Crippen molar-refractivity contribution in [3.8, 4) is 0 Å². The molecule has 0 fully saturated rings. The molecular formula is C6H10NOSY-. The van der Waals surface area contributed by atoms with Crippen LogP contribution in [0.25, 0.3) is 0 Å². The van der Waals surface area contributed by atoms with E-state index in [-0.39, 0.29) is 38.3 Å². The van der Waals surface area contributed by atoms with Crippen molar-refractivity contribution >= 4 is 16.8 Å². The number of oxime groups is 1.